The average Bonchev–Trinajstić information content (AvgIpc) is 2.39. The van der Waals surface area contributed by atoms with Crippen LogP contribution in [-0.4, -0.2) is 15.0 Å². The number of aromatic nitrogens is 3. The van der Waals surface area contributed by atoms with Gasteiger partial charge >= 0.3 is 0 Å². The van der Waals surface area contributed by atoms with E-state index in [1.54, 1.807) is 12.3 Å². The van der Waals surface area contributed by atoms with Gasteiger partial charge in [0.15, 0.2) is 0 Å². The molecule has 2 heterocycles. The van der Waals surface area contributed by atoms with E-state index in [4.69, 9.17) is 5.73 Å². The minimum absolute atomic E-state index is 0.436. The Bertz CT molecular complexity index is 690. The molecule has 0 saturated heterocycles. The largest absolute Gasteiger partial charge is 0.384 e. The minimum atomic E-state index is 0.436. The van der Waals surface area contributed by atoms with Gasteiger partial charge < -0.3 is 11.1 Å². The van der Waals surface area contributed by atoms with Crippen molar-refractivity contribution in [3.8, 4) is 0 Å². The van der Waals surface area contributed by atoms with Crippen molar-refractivity contribution in [1.29, 1.82) is 0 Å². The number of hydrogen-bond donors (Lipinski definition) is 2. The van der Waals surface area contributed by atoms with Gasteiger partial charge in [-0.05, 0) is 17.5 Å². The number of rotatable bonds is 2. The van der Waals surface area contributed by atoms with Gasteiger partial charge in [0.2, 0.25) is 0 Å². The van der Waals surface area contributed by atoms with E-state index in [0.29, 0.717) is 11.6 Å². The van der Waals surface area contributed by atoms with Crippen molar-refractivity contribution < 1.29 is 0 Å². The van der Waals surface area contributed by atoms with Gasteiger partial charge in [0.25, 0.3) is 0 Å². The van der Waals surface area contributed by atoms with Crippen LogP contribution < -0.4 is 11.1 Å². The lowest BCUT2D eigenvalue weighted by atomic mass is 10.1. The molecule has 18 heavy (non-hydrogen) atoms. The topological polar surface area (TPSA) is 76.7 Å². The van der Waals surface area contributed by atoms with Crippen molar-refractivity contribution in [3.05, 3.63) is 49.1 Å². The molecule has 3 N–H and O–H groups in total. The highest BCUT2D eigenvalue weighted by molar-refractivity contribution is 5.94. The van der Waals surface area contributed by atoms with Crippen LogP contribution in [0.5, 0.6) is 0 Å². The van der Waals surface area contributed by atoms with Crippen LogP contribution in [0, 0.1) is 0 Å². The Balaban J connectivity index is 2.05. The van der Waals surface area contributed by atoms with Crippen LogP contribution in [0.25, 0.3) is 10.8 Å². The van der Waals surface area contributed by atoms with E-state index in [9.17, 15) is 0 Å². The van der Waals surface area contributed by atoms with Gasteiger partial charge in [0.05, 0.1) is 0 Å². The highest BCUT2D eigenvalue weighted by Crippen LogP contribution is 2.24. The lowest BCUT2D eigenvalue weighted by molar-refractivity contribution is 1.18. The third kappa shape index (κ3) is 1.93. The normalized spacial score (nSPS) is 10.4. The second kappa shape index (κ2) is 4.29. The van der Waals surface area contributed by atoms with Crippen LogP contribution in [0.3, 0.4) is 0 Å². The molecular weight excluding hydrogens is 226 g/mol. The molecule has 5 heteroatoms. The van der Waals surface area contributed by atoms with E-state index in [-0.39, 0.29) is 0 Å². The fourth-order valence-electron chi connectivity index (χ4n) is 1.80. The first-order valence-electron chi connectivity index (χ1n) is 5.50. The van der Waals surface area contributed by atoms with E-state index in [1.165, 1.54) is 6.33 Å². The molecule has 0 aliphatic carbocycles. The van der Waals surface area contributed by atoms with Gasteiger partial charge in [-0.15, -0.1) is 0 Å². The van der Waals surface area contributed by atoms with Crippen LogP contribution in [0.4, 0.5) is 17.3 Å². The molecule has 3 rings (SSSR count). The zero-order valence-electron chi connectivity index (χ0n) is 9.54. The highest BCUT2D eigenvalue weighted by atomic mass is 15.0. The van der Waals surface area contributed by atoms with Gasteiger partial charge in [-0.2, -0.15) is 0 Å². The molecule has 5 nitrogen and oxygen atoms in total. The summed E-state index contributed by atoms with van der Waals surface area (Å²) in [5.74, 6) is 1.10. The Hall–Kier alpha value is -2.69. The number of hydrogen-bond acceptors (Lipinski definition) is 5. The summed E-state index contributed by atoms with van der Waals surface area (Å²) in [5, 5.41) is 5.38. The molecule has 2 aromatic heterocycles. The zero-order chi connectivity index (χ0) is 12.4. The molecule has 1 aromatic carbocycles. The summed E-state index contributed by atoms with van der Waals surface area (Å²) in [6, 6.07) is 9.65. The van der Waals surface area contributed by atoms with Gasteiger partial charge in [0, 0.05) is 29.5 Å². The summed E-state index contributed by atoms with van der Waals surface area (Å²) in [6.07, 6.45) is 5.03. The maximum absolute atomic E-state index is 5.62. The fourth-order valence-corrected chi connectivity index (χ4v) is 1.80. The molecule has 88 valence electrons. The smallest absolute Gasteiger partial charge is 0.135 e. The van der Waals surface area contributed by atoms with Crippen molar-refractivity contribution >= 4 is 28.1 Å². The molecule has 0 atom stereocenters. The molecule has 0 radical (unpaired) electrons. The van der Waals surface area contributed by atoms with Crippen LogP contribution in [0.1, 0.15) is 0 Å². The molecule has 0 aliphatic heterocycles. The Labute approximate surface area is 104 Å². The second-order valence-corrected chi connectivity index (χ2v) is 3.86. The maximum atomic E-state index is 5.62. The van der Waals surface area contributed by atoms with Gasteiger partial charge in [-0.25, -0.2) is 9.97 Å². The number of nitrogens with two attached hydrogens (primary N) is 1. The van der Waals surface area contributed by atoms with E-state index in [1.807, 2.05) is 30.5 Å². The van der Waals surface area contributed by atoms with Gasteiger partial charge in [-0.3, -0.25) is 4.98 Å². The quantitative estimate of drug-likeness (QED) is 0.715. The van der Waals surface area contributed by atoms with E-state index >= 15 is 0 Å². The number of nitrogen functional groups attached to an aromatic ring is 1. The molecule has 0 spiro atoms. The van der Waals surface area contributed by atoms with Crippen molar-refractivity contribution in [3.63, 3.8) is 0 Å². The molecule has 0 amide bonds. The number of nitrogens with zero attached hydrogens (tertiary/aromatic N) is 3. The molecule has 0 aliphatic rings. The standard InChI is InChI=1S/C13H11N5/c14-12-6-13(17-8-16-12)18-11-3-1-2-9-4-5-15-7-10(9)11/h1-8H,(H3,14,16,17,18). The molecule has 3 aromatic rings. The van der Waals surface area contributed by atoms with Crippen LogP contribution in [-0.2, 0) is 0 Å². The number of anilines is 3. The first-order valence-corrected chi connectivity index (χ1v) is 5.50. The number of pyridine rings is 1. The Morgan fingerprint density at radius 1 is 1.11 bits per heavy atom. The van der Waals surface area contributed by atoms with E-state index in [0.717, 1.165) is 16.5 Å². The van der Waals surface area contributed by atoms with Crippen molar-refractivity contribution in [2.75, 3.05) is 11.1 Å². The molecule has 0 fully saturated rings. The summed E-state index contributed by atoms with van der Waals surface area (Å²) in [4.78, 5) is 12.1. The Morgan fingerprint density at radius 2 is 2.06 bits per heavy atom. The summed E-state index contributed by atoms with van der Waals surface area (Å²) in [7, 11) is 0. The predicted molar refractivity (Wildman–Crippen MR) is 71.5 cm³/mol. The first kappa shape index (κ1) is 10.5. The SMILES string of the molecule is Nc1cc(Nc2cccc3ccncc23)ncn1. The lowest BCUT2D eigenvalue weighted by Crippen LogP contribution is -1.97. The first-order chi connectivity index (χ1) is 8.83. The van der Waals surface area contributed by atoms with Gasteiger partial charge in [-0.1, -0.05) is 12.1 Å². The Kier molecular flexibility index (Phi) is 2.49. The summed E-state index contributed by atoms with van der Waals surface area (Å²) in [5.41, 5.74) is 6.56. The number of nitrogens with one attached hydrogen (secondary N) is 1. The van der Waals surface area contributed by atoms with Crippen LogP contribution in [0.2, 0.25) is 0 Å². The highest BCUT2D eigenvalue weighted by Gasteiger charge is 2.02. The van der Waals surface area contributed by atoms with Crippen molar-refractivity contribution in [2.45, 2.75) is 0 Å². The monoisotopic (exact) mass is 237 g/mol. The van der Waals surface area contributed by atoms with Crippen LogP contribution in [0.15, 0.2) is 49.1 Å². The predicted octanol–water partition coefficient (Wildman–Crippen LogP) is 2.35. The number of benzene rings is 1. The third-order valence-corrected chi connectivity index (χ3v) is 2.63. The molecule has 0 bridgehead atoms. The zero-order valence-corrected chi connectivity index (χ0v) is 9.54. The van der Waals surface area contributed by atoms with Crippen LogP contribution >= 0.6 is 0 Å². The van der Waals surface area contributed by atoms with E-state index < -0.39 is 0 Å². The van der Waals surface area contributed by atoms with Gasteiger partial charge in [0.1, 0.15) is 18.0 Å². The second-order valence-electron chi connectivity index (χ2n) is 3.86. The third-order valence-electron chi connectivity index (χ3n) is 2.63. The summed E-state index contributed by atoms with van der Waals surface area (Å²) in [6.45, 7) is 0. The van der Waals surface area contributed by atoms with E-state index in [2.05, 4.69) is 20.3 Å². The lowest BCUT2D eigenvalue weighted by Gasteiger charge is -2.08. The molecule has 0 unspecified atom stereocenters. The van der Waals surface area contributed by atoms with Crippen molar-refractivity contribution in [1.82, 2.24) is 15.0 Å². The molecular formula is C13H11N5. The van der Waals surface area contributed by atoms with Crippen molar-refractivity contribution in [2.24, 2.45) is 0 Å². The molecule has 0 saturated carbocycles. The maximum Gasteiger partial charge on any atom is 0.135 e. The fraction of sp³-hybridized carbons (Fsp3) is 0. The Morgan fingerprint density at radius 3 is 2.94 bits per heavy atom. The average molecular weight is 237 g/mol. The number of fused-ring (bicyclic) bond motifs is 1. The summed E-state index contributed by atoms with van der Waals surface area (Å²) < 4.78 is 0. The summed E-state index contributed by atoms with van der Waals surface area (Å²) >= 11 is 0. The minimum Gasteiger partial charge on any atom is -0.384 e.